The first-order chi connectivity index (χ1) is 13.1. The third kappa shape index (κ3) is 3.85. The van der Waals surface area contributed by atoms with Gasteiger partial charge in [-0.3, -0.25) is 9.88 Å². The van der Waals surface area contributed by atoms with Crippen LogP contribution in [0, 0.1) is 17.5 Å². The lowest BCUT2D eigenvalue weighted by Gasteiger charge is -2.31. The number of nitrogens with zero attached hydrogens (tertiary/aromatic N) is 4. The van der Waals surface area contributed by atoms with Crippen LogP contribution in [0.2, 0.25) is 0 Å². The second-order valence-corrected chi connectivity index (χ2v) is 6.62. The van der Waals surface area contributed by atoms with Crippen molar-refractivity contribution in [3.05, 3.63) is 65.6 Å². The van der Waals surface area contributed by atoms with E-state index in [1.54, 1.807) is 12.4 Å². The Hall–Kier alpha value is -2.74. The molecule has 140 valence electrons. The summed E-state index contributed by atoms with van der Waals surface area (Å²) in [4.78, 5) is 10.5. The Bertz CT molecular complexity index is 909. The van der Waals surface area contributed by atoms with Gasteiger partial charge in [-0.1, -0.05) is 5.16 Å². The molecule has 0 bridgehead atoms. The molecule has 5 nitrogen and oxygen atoms in total. The van der Waals surface area contributed by atoms with Gasteiger partial charge in [-0.05, 0) is 55.1 Å². The molecular weight excluding hydrogens is 357 g/mol. The van der Waals surface area contributed by atoms with E-state index in [9.17, 15) is 13.2 Å². The first kappa shape index (κ1) is 17.7. The Morgan fingerprint density at radius 1 is 1.11 bits per heavy atom. The van der Waals surface area contributed by atoms with E-state index in [2.05, 4.69) is 20.0 Å². The molecule has 1 saturated heterocycles. The van der Waals surface area contributed by atoms with Crippen molar-refractivity contribution in [3.8, 4) is 11.4 Å². The highest BCUT2D eigenvalue weighted by molar-refractivity contribution is 5.54. The van der Waals surface area contributed by atoms with Crippen LogP contribution >= 0.6 is 0 Å². The number of piperidine rings is 1. The summed E-state index contributed by atoms with van der Waals surface area (Å²) < 4.78 is 45.1. The molecular formula is C19H17F3N4O. The molecule has 8 heteroatoms. The highest BCUT2D eigenvalue weighted by Crippen LogP contribution is 2.27. The van der Waals surface area contributed by atoms with Crippen molar-refractivity contribution in [1.82, 2.24) is 20.0 Å². The Balaban J connectivity index is 1.46. The molecule has 4 rings (SSSR count). The molecule has 0 spiro atoms. The van der Waals surface area contributed by atoms with Crippen LogP contribution in [-0.4, -0.2) is 33.1 Å². The van der Waals surface area contributed by atoms with Crippen molar-refractivity contribution in [2.75, 3.05) is 13.1 Å². The van der Waals surface area contributed by atoms with Crippen molar-refractivity contribution in [3.63, 3.8) is 0 Å². The zero-order chi connectivity index (χ0) is 18.8. The molecule has 1 atom stereocenters. The van der Waals surface area contributed by atoms with E-state index >= 15 is 0 Å². The number of hydrogen-bond donors (Lipinski definition) is 0. The standard InChI is InChI=1S/C19H17F3N4O/c20-15-8-14(9-16(21)18(15)22)19-24-17(27-25-19)11-26-7-1-2-13(10-26)12-3-5-23-6-4-12/h3-6,8-9,13H,1-2,7,10-11H2/t13-/m0/s1. The minimum Gasteiger partial charge on any atom is -0.338 e. The van der Waals surface area contributed by atoms with Gasteiger partial charge in [0, 0.05) is 24.5 Å². The van der Waals surface area contributed by atoms with Crippen LogP contribution in [-0.2, 0) is 6.54 Å². The Kier molecular flexibility index (Phi) is 4.89. The molecule has 3 heterocycles. The summed E-state index contributed by atoms with van der Waals surface area (Å²) in [6.07, 6.45) is 5.73. The predicted octanol–water partition coefficient (Wildman–Crippen LogP) is 3.93. The number of likely N-dealkylation sites (tertiary alicyclic amines) is 1. The van der Waals surface area contributed by atoms with Crippen LogP contribution < -0.4 is 0 Å². The van der Waals surface area contributed by atoms with Crippen LogP contribution in [0.3, 0.4) is 0 Å². The maximum atomic E-state index is 13.4. The SMILES string of the molecule is Fc1cc(-c2noc(CN3CCC[C@H](c4ccncc4)C3)n2)cc(F)c1F. The van der Waals surface area contributed by atoms with Crippen molar-refractivity contribution in [1.29, 1.82) is 0 Å². The maximum Gasteiger partial charge on any atom is 0.241 e. The van der Waals surface area contributed by atoms with Gasteiger partial charge in [0.05, 0.1) is 6.54 Å². The van der Waals surface area contributed by atoms with Crippen molar-refractivity contribution in [2.24, 2.45) is 0 Å². The van der Waals surface area contributed by atoms with Gasteiger partial charge in [0.2, 0.25) is 11.7 Å². The van der Waals surface area contributed by atoms with Crippen LogP contribution in [0.4, 0.5) is 13.2 Å². The van der Waals surface area contributed by atoms with Gasteiger partial charge in [-0.15, -0.1) is 0 Å². The highest BCUT2D eigenvalue weighted by atomic mass is 19.2. The summed E-state index contributed by atoms with van der Waals surface area (Å²) in [6.45, 7) is 2.20. The molecule has 0 amide bonds. The fraction of sp³-hybridized carbons (Fsp3) is 0.316. The summed E-state index contributed by atoms with van der Waals surface area (Å²) in [5.74, 6) is -3.29. The molecule has 0 radical (unpaired) electrons. The molecule has 3 aromatic rings. The molecule has 2 aromatic heterocycles. The third-order valence-electron chi connectivity index (χ3n) is 4.75. The number of aromatic nitrogens is 3. The molecule has 0 unspecified atom stereocenters. The van der Waals surface area contributed by atoms with Crippen LogP contribution in [0.1, 0.15) is 30.2 Å². The monoisotopic (exact) mass is 374 g/mol. The first-order valence-corrected chi connectivity index (χ1v) is 8.70. The number of benzene rings is 1. The van der Waals surface area contributed by atoms with E-state index in [4.69, 9.17) is 4.52 Å². The number of rotatable bonds is 4. The van der Waals surface area contributed by atoms with E-state index in [1.165, 1.54) is 5.56 Å². The zero-order valence-electron chi connectivity index (χ0n) is 14.4. The van der Waals surface area contributed by atoms with Crippen molar-refractivity contribution < 1.29 is 17.7 Å². The fourth-order valence-corrected chi connectivity index (χ4v) is 3.42. The van der Waals surface area contributed by atoms with Crippen LogP contribution in [0.5, 0.6) is 0 Å². The Morgan fingerprint density at radius 2 is 1.85 bits per heavy atom. The highest BCUT2D eigenvalue weighted by Gasteiger charge is 2.23. The number of hydrogen-bond acceptors (Lipinski definition) is 5. The summed E-state index contributed by atoms with van der Waals surface area (Å²) in [7, 11) is 0. The van der Waals surface area contributed by atoms with Crippen LogP contribution in [0.15, 0.2) is 41.2 Å². The lowest BCUT2D eigenvalue weighted by molar-refractivity contribution is 0.177. The molecule has 1 aliphatic heterocycles. The average Bonchev–Trinajstić information content (AvgIpc) is 3.15. The van der Waals surface area contributed by atoms with Gasteiger partial charge >= 0.3 is 0 Å². The van der Waals surface area contributed by atoms with Gasteiger partial charge in [0.1, 0.15) is 0 Å². The van der Waals surface area contributed by atoms with Crippen LogP contribution in [0.25, 0.3) is 11.4 Å². The van der Waals surface area contributed by atoms with E-state index in [-0.39, 0.29) is 11.4 Å². The zero-order valence-corrected chi connectivity index (χ0v) is 14.4. The maximum absolute atomic E-state index is 13.4. The molecule has 27 heavy (non-hydrogen) atoms. The number of pyridine rings is 1. The van der Waals surface area contributed by atoms with Crippen molar-refractivity contribution in [2.45, 2.75) is 25.3 Å². The summed E-state index contributed by atoms with van der Waals surface area (Å²) in [6, 6.07) is 5.76. The first-order valence-electron chi connectivity index (χ1n) is 8.70. The minimum atomic E-state index is -1.52. The topological polar surface area (TPSA) is 55.1 Å². The Labute approximate surface area is 153 Å². The number of halogens is 3. The molecule has 0 aliphatic carbocycles. The van der Waals surface area contributed by atoms with Gasteiger partial charge in [0.25, 0.3) is 0 Å². The van der Waals surface area contributed by atoms with E-state index in [1.807, 2.05) is 12.1 Å². The largest absolute Gasteiger partial charge is 0.338 e. The fourth-order valence-electron chi connectivity index (χ4n) is 3.42. The second kappa shape index (κ2) is 7.48. The molecule has 1 aliphatic rings. The smallest absolute Gasteiger partial charge is 0.241 e. The van der Waals surface area contributed by atoms with Gasteiger partial charge in [-0.2, -0.15) is 4.98 Å². The summed E-state index contributed by atoms with van der Waals surface area (Å²) in [5, 5.41) is 3.76. The van der Waals surface area contributed by atoms with E-state index in [0.29, 0.717) is 18.4 Å². The van der Waals surface area contributed by atoms with Gasteiger partial charge in [-0.25, -0.2) is 13.2 Å². The average molecular weight is 374 g/mol. The van der Waals surface area contributed by atoms with Gasteiger partial charge in [0.15, 0.2) is 17.5 Å². The van der Waals surface area contributed by atoms with Crippen molar-refractivity contribution >= 4 is 0 Å². The third-order valence-corrected chi connectivity index (χ3v) is 4.75. The molecule has 1 aromatic carbocycles. The summed E-state index contributed by atoms with van der Waals surface area (Å²) >= 11 is 0. The second-order valence-electron chi connectivity index (χ2n) is 6.62. The molecule has 0 saturated carbocycles. The Morgan fingerprint density at radius 3 is 2.59 bits per heavy atom. The van der Waals surface area contributed by atoms with E-state index in [0.717, 1.165) is 38.1 Å². The normalized spacial score (nSPS) is 18.0. The minimum absolute atomic E-state index is 0.0329. The summed E-state index contributed by atoms with van der Waals surface area (Å²) in [5.41, 5.74) is 1.29. The van der Waals surface area contributed by atoms with Gasteiger partial charge < -0.3 is 4.52 Å². The lowest BCUT2D eigenvalue weighted by Crippen LogP contribution is -2.34. The van der Waals surface area contributed by atoms with E-state index < -0.39 is 17.5 Å². The molecule has 1 fully saturated rings. The predicted molar refractivity (Wildman–Crippen MR) is 91.1 cm³/mol. The molecule has 0 N–H and O–H groups in total. The quantitative estimate of drug-likeness (QED) is 0.648. The lowest BCUT2D eigenvalue weighted by atomic mass is 9.91.